The van der Waals surface area contributed by atoms with Crippen molar-refractivity contribution in [2.75, 3.05) is 19.6 Å². The van der Waals surface area contributed by atoms with Gasteiger partial charge >= 0.3 is 12.1 Å². The molecule has 0 atom stereocenters. The second kappa shape index (κ2) is 7.63. The number of imide groups is 1. The van der Waals surface area contributed by atoms with E-state index in [2.05, 4.69) is 23.5 Å². The number of likely N-dealkylation sites (tertiary alicyclic amines) is 1. The average molecular weight is 406 g/mol. The lowest BCUT2D eigenvalue weighted by molar-refractivity contribution is -0.125. The van der Waals surface area contributed by atoms with Gasteiger partial charge in [-0.2, -0.15) is 0 Å². The van der Waals surface area contributed by atoms with Gasteiger partial charge in [0, 0.05) is 31.7 Å². The zero-order valence-corrected chi connectivity index (χ0v) is 16.9. The number of benzene rings is 2. The number of amides is 5. The fourth-order valence-corrected chi connectivity index (χ4v) is 4.62. The second-order valence-electron chi connectivity index (χ2n) is 8.42. The van der Waals surface area contributed by atoms with Gasteiger partial charge in [0.25, 0.3) is 5.91 Å². The van der Waals surface area contributed by atoms with E-state index in [1.165, 1.54) is 4.90 Å². The van der Waals surface area contributed by atoms with E-state index in [1.54, 1.807) is 4.90 Å². The molecule has 30 heavy (non-hydrogen) atoms. The molecule has 1 N–H and O–H groups in total. The van der Waals surface area contributed by atoms with Crippen molar-refractivity contribution >= 4 is 28.7 Å². The first-order valence-corrected chi connectivity index (χ1v) is 10.7. The lowest BCUT2D eigenvalue weighted by Gasteiger charge is -2.36. The summed E-state index contributed by atoms with van der Waals surface area (Å²) in [6, 6.07) is 14.2. The van der Waals surface area contributed by atoms with Gasteiger partial charge in [0.2, 0.25) is 0 Å². The number of fused-ring (bicyclic) bond motifs is 1. The Labute approximate surface area is 175 Å². The number of carbonyl (C=O) groups excluding carboxylic acids is 3. The van der Waals surface area contributed by atoms with Gasteiger partial charge in [0.15, 0.2) is 0 Å². The van der Waals surface area contributed by atoms with Gasteiger partial charge in [-0.1, -0.05) is 42.5 Å². The highest BCUT2D eigenvalue weighted by molar-refractivity contribution is 6.02. The van der Waals surface area contributed by atoms with Crippen molar-refractivity contribution in [2.45, 2.75) is 44.3 Å². The van der Waals surface area contributed by atoms with E-state index in [9.17, 15) is 14.4 Å². The zero-order chi connectivity index (χ0) is 20.7. The van der Waals surface area contributed by atoms with E-state index in [1.807, 2.05) is 29.2 Å². The molecule has 3 fully saturated rings. The molecule has 7 heteroatoms. The maximum atomic E-state index is 12.7. The number of rotatable bonds is 4. The molecule has 156 valence electrons. The Kier molecular flexibility index (Phi) is 4.81. The van der Waals surface area contributed by atoms with Crippen LogP contribution in [0.1, 0.15) is 31.2 Å². The molecule has 2 heterocycles. The molecule has 7 nitrogen and oxygen atoms in total. The molecule has 5 amide bonds. The third-order valence-electron chi connectivity index (χ3n) is 6.44. The van der Waals surface area contributed by atoms with Crippen LogP contribution >= 0.6 is 0 Å². The van der Waals surface area contributed by atoms with Gasteiger partial charge in [-0.25, -0.2) is 9.59 Å². The smallest absolute Gasteiger partial charge is 0.327 e. The van der Waals surface area contributed by atoms with E-state index in [4.69, 9.17) is 0 Å². The highest BCUT2D eigenvalue weighted by atomic mass is 16.2. The Morgan fingerprint density at radius 2 is 1.67 bits per heavy atom. The van der Waals surface area contributed by atoms with Crippen LogP contribution in [-0.4, -0.2) is 64.4 Å². The van der Waals surface area contributed by atoms with Crippen molar-refractivity contribution in [2.24, 2.45) is 0 Å². The van der Waals surface area contributed by atoms with E-state index >= 15 is 0 Å². The number of carbonyl (C=O) groups is 3. The lowest BCUT2D eigenvalue weighted by atomic mass is 10.0. The van der Waals surface area contributed by atoms with Crippen molar-refractivity contribution in [1.82, 2.24) is 20.0 Å². The molecule has 3 aliphatic rings. The normalized spacial score (nSPS) is 20.3. The number of nitrogens with zero attached hydrogens (tertiary/aromatic N) is 3. The highest BCUT2D eigenvalue weighted by Gasteiger charge is 2.47. The average Bonchev–Trinajstić information content (AvgIpc) is 3.56. The summed E-state index contributed by atoms with van der Waals surface area (Å²) in [4.78, 5) is 42.5. The molecule has 2 aromatic rings. The van der Waals surface area contributed by atoms with E-state index in [0.29, 0.717) is 32.5 Å². The largest absolute Gasteiger partial charge is 0.334 e. The van der Waals surface area contributed by atoms with Crippen LogP contribution < -0.4 is 5.32 Å². The first-order chi connectivity index (χ1) is 14.6. The molecular weight excluding hydrogens is 380 g/mol. The summed E-state index contributed by atoms with van der Waals surface area (Å²) in [5, 5.41) is 5.35. The van der Waals surface area contributed by atoms with Crippen LogP contribution in [0.3, 0.4) is 0 Å². The molecule has 0 spiro atoms. The Hall–Kier alpha value is -3.09. The van der Waals surface area contributed by atoms with Crippen LogP contribution in [-0.2, 0) is 11.3 Å². The van der Waals surface area contributed by atoms with E-state index in [0.717, 1.165) is 29.2 Å². The first kappa shape index (κ1) is 18.9. The Balaban J connectivity index is 1.15. The van der Waals surface area contributed by atoms with Gasteiger partial charge in [0.05, 0.1) is 0 Å². The number of nitrogens with one attached hydrogen (secondary N) is 1. The van der Waals surface area contributed by atoms with Crippen LogP contribution in [0.25, 0.3) is 10.8 Å². The summed E-state index contributed by atoms with van der Waals surface area (Å²) < 4.78 is 0. The maximum Gasteiger partial charge on any atom is 0.327 e. The van der Waals surface area contributed by atoms with Gasteiger partial charge < -0.3 is 15.1 Å². The van der Waals surface area contributed by atoms with Crippen molar-refractivity contribution in [3.05, 3.63) is 48.0 Å². The molecule has 0 unspecified atom stereocenters. The first-order valence-electron chi connectivity index (χ1n) is 10.7. The molecule has 1 saturated carbocycles. The van der Waals surface area contributed by atoms with Crippen LogP contribution in [0.2, 0.25) is 0 Å². The minimum absolute atomic E-state index is 0.0346. The number of piperidine rings is 1. The molecule has 2 saturated heterocycles. The van der Waals surface area contributed by atoms with Crippen molar-refractivity contribution < 1.29 is 14.4 Å². The molecule has 1 aliphatic carbocycles. The van der Waals surface area contributed by atoms with Gasteiger partial charge in [0.1, 0.15) is 6.54 Å². The van der Waals surface area contributed by atoms with Crippen LogP contribution in [0.5, 0.6) is 0 Å². The molecule has 2 aromatic carbocycles. The third-order valence-corrected chi connectivity index (χ3v) is 6.44. The minimum atomic E-state index is -0.138. The SMILES string of the molecule is O=C(NCc1cccc2ccccc12)N1CCC(N2CC(=O)N(C3CC3)C2=O)CC1. The van der Waals surface area contributed by atoms with Crippen LogP contribution in [0.15, 0.2) is 42.5 Å². The molecule has 0 radical (unpaired) electrons. The predicted molar refractivity (Wildman–Crippen MR) is 113 cm³/mol. The summed E-state index contributed by atoms with van der Waals surface area (Å²) in [6.45, 7) is 1.85. The Morgan fingerprint density at radius 1 is 0.933 bits per heavy atom. The van der Waals surface area contributed by atoms with E-state index in [-0.39, 0.29) is 36.6 Å². The van der Waals surface area contributed by atoms with Crippen LogP contribution in [0.4, 0.5) is 9.59 Å². The lowest BCUT2D eigenvalue weighted by Crippen LogP contribution is -2.50. The number of hydrogen-bond donors (Lipinski definition) is 1. The fourth-order valence-electron chi connectivity index (χ4n) is 4.62. The molecule has 0 aromatic heterocycles. The topological polar surface area (TPSA) is 73.0 Å². The highest BCUT2D eigenvalue weighted by Crippen LogP contribution is 2.32. The quantitative estimate of drug-likeness (QED) is 0.794. The molecular formula is C23H26N4O3. The summed E-state index contributed by atoms with van der Waals surface area (Å²) in [5.74, 6) is -0.0715. The standard InChI is InChI=1S/C23H26N4O3/c28-21-15-26(23(30)27(21)19-8-9-19)18-10-12-25(13-11-18)22(29)24-14-17-6-3-5-16-4-1-2-7-20(16)17/h1-7,18-19H,8-15H2,(H,24,29). The summed E-state index contributed by atoms with van der Waals surface area (Å²) >= 11 is 0. The maximum absolute atomic E-state index is 12.7. The minimum Gasteiger partial charge on any atom is -0.334 e. The summed E-state index contributed by atoms with van der Waals surface area (Å²) in [7, 11) is 0. The monoisotopic (exact) mass is 406 g/mol. The third kappa shape index (κ3) is 3.49. The molecule has 2 aliphatic heterocycles. The fraction of sp³-hybridized carbons (Fsp3) is 0.435. The van der Waals surface area contributed by atoms with Crippen molar-refractivity contribution in [1.29, 1.82) is 0 Å². The van der Waals surface area contributed by atoms with E-state index < -0.39 is 0 Å². The summed E-state index contributed by atoms with van der Waals surface area (Å²) in [6.07, 6.45) is 3.28. The zero-order valence-electron chi connectivity index (χ0n) is 16.9. The molecule has 0 bridgehead atoms. The number of hydrogen-bond acceptors (Lipinski definition) is 3. The van der Waals surface area contributed by atoms with Crippen LogP contribution in [0, 0.1) is 0 Å². The number of urea groups is 2. The van der Waals surface area contributed by atoms with Crippen molar-refractivity contribution in [3.63, 3.8) is 0 Å². The summed E-state index contributed by atoms with van der Waals surface area (Å²) in [5.41, 5.74) is 1.10. The van der Waals surface area contributed by atoms with Gasteiger partial charge in [-0.3, -0.25) is 9.69 Å². The predicted octanol–water partition coefficient (Wildman–Crippen LogP) is 2.94. The second-order valence-corrected chi connectivity index (χ2v) is 8.42. The Bertz CT molecular complexity index is 990. The van der Waals surface area contributed by atoms with Crippen molar-refractivity contribution in [3.8, 4) is 0 Å². The van der Waals surface area contributed by atoms with Gasteiger partial charge in [-0.15, -0.1) is 0 Å². The van der Waals surface area contributed by atoms with Gasteiger partial charge in [-0.05, 0) is 42.0 Å². The molecule has 5 rings (SSSR count). The Morgan fingerprint density at radius 3 is 2.43 bits per heavy atom.